The van der Waals surface area contributed by atoms with Gasteiger partial charge in [0.25, 0.3) is 5.91 Å². The number of carbonyl (C=O) groups excluding carboxylic acids is 4. The van der Waals surface area contributed by atoms with Crippen LogP contribution in [0.15, 0.2) is 54.2 Å². The van der Waals surface area contributed by atoms with Gasteiger partial charge in [-0.3, -0.25) is 19.0 Å². The van der Waals surface area contributed by atoms with Crippen molar-refractivity contribution in [3.63, 3.8) is 0 Å². The first kappa shape index (κ1) is 24.6. The van der Waals surface area contributed by atoms with E-state index in [-0.39, 0.29) is 18.2 Å². The van der Waals surface area contributed by atoms with Gasteiger partial charge in [-0.15, -0.1) is 0 Å². The standard InChI is InChI=1S/C26H30N2O7/c1-17(21(30)28-15-14-27-16-28)6-5-10-24(3)20-9-12-25(23(32)35-24)11-7-19(22(31)33-4)8-13-26(20,25)34-18(2)29/h5-7,10,14-16,20H,8-9,11-13H2,1-4H3/b10-5+,17-6+/t20-,24+,25+,26-/m0/s1. The molecular weight excluding hydrogens is 452 g/mol. The van der Waals surface area contributed by atoms with Crippen molar-refractivity contribution >= 4 is 23.8 Å². The Balaban J connectivity index is 1.69. The third-order valence-electron chi connectivity index (χ3n) is 7.71. The van der Waals surface area contributed by atoms with Gasteiger partial charge in [0.05, 0.1) is 7.11 Å². The highest BCUT2D eigenvalue weighted by molar-refractivity contribution is 5.95. The highest BCUT2D eigenvalue weighted by Crippen LogP contribution is 2.65. The lowest BCUT2D eigenvalue weighted by Gasteiger charge is -2.54. The van der Waals surface area contributed by atoms with Gasteiger partial charge in [0.1, 0.15) is 22.9 Å². The molecule has 0 N–H and O–H groups in total. The predicted octanol–water partition coefficient (Wildman–Crippen LogP) is 3.32. The van der Waals surface area contributed by atoms with Gasteiger partial charge in [-0.2, -0.15) is 0 Å². The molecule has 2 aliphatic carbocycles. The second kappa shape index (κ2) is 8.94. The van der Waals surface area contributed by atoms with E-state index >= 15 is 0 Å². The first-order valence-electron chi connectivity index (χ1n) is 11.7. The molecule has 1 aromatic heterocycles. The maximum absolute atomic E-state index is 13.6. The summed E-state index contributed by atoms with van der Waals surface area (Å²) in [6, 6.07) is 0. The topological polar surface area (TPSA) is 114 Å². The van der Waals surface area contributed by atoms with Crippen LogP contribution in [0.5, 0.6) is 0 Å². The van der Waals surface area contributed by atoms with E-state index in [2.05, 4.69) is 4.98 Å². The van der Waals surface area contributed by atoms with Crippen LogP contribution in [-0.4, -0.2) is 51.7 Å². The molecule has 1 saturated carbocycles. The highest BCUT2D eigenvalue weighted by atomic mass is 16.6. The van der Waals surface area contributed by atoms with Gasteiger partial charge in [-0.05, 0) is 52.0 Å². The number of carbonyl (C=O) groups is 4. The van der Waals surface area contributed by atoms with Crippen molar-refractivity contribution in [3.05, 3.63) is 54.2 Å². The van der Waals surface area contributed by atoms with E-state index in [4.69, 9.17) is 14.2 Å². The summed E-state index contributed by atoms with van der Waals surface area (Å²) < 4.78 is 18.3. The minimum absolute atomic E-state index is 0.223. The number of aromatic nitrogens is 2. The monoisotopic (exact) mass is 482 g/mol. The van der Waals surface area contributed by atoms with Crippen molar-refractivity contribution in [1.82, 2.24) is 9.55 Å². The zero-order chi connectivity index (χ0) is 25.4. The van der Waals surface area contributed by atoms with Crippen LogP contribution in [0.1, 0.15) is 57.7 Å². The van der Waals surface area contributed by atoms with Crippen LogP contribution in [0.25, 0.3) is 0 Å². The van der Waals surface area contributed by atoms with Crippen LogP contribution in [0.2, 0.25) is 0 Å². The molecule has 1 aromatic rings. The molecule has 2 fully saturated rings. The number of imidazole rings is 1. The number of methoxy groups -OCH3 is 1. The molecule has 9 heteroatoms. The fourth-order valence-corrected chi connectivity index (χ4v) is 6.03. The van der Waals surface area contributed by atoms with E-state index < -0.39 is 34.5 Å². The van der Waals surface area contributed by atoms with E-state index in [1.54, 1.807) is 44.3 Å². The van der Waals surface area contributed by atoms with Crippen molar-refractivity contribution in [1.29, 1.82) is 0 Å². The summed E-state index contributed by atoms with van der Waals surface area (Å²) in [4.78, 5) is 54.5. The van der Waals surface area contributed by atoms with Crippen LogP contribution in [0.4, 0.5) is 0 Å². The third kappa shape index (κ3) is 3.92. The number of hydrogen-bond acceptors (Lipinski definition) is 8. The lowest BCUT2D eigenvalue weighted by atomic mass is 9.62. The number of esters is 3. The van der Waals surface area contributed by atoms with Gasteiger partial charge < -0.3 is 14.2 Å². The Bertz CT molecular complexity index is 1150. The average Bonchev–Trinajstić information content (AvgIpc) is 3.39. The van der Waals surface area contributed by atoms with Crippen molar-refractivity contribution < 1.29 is 33.4 Å². The first-order valence-corrected chi connectivity index (χ1v) is 11.7. The third-order valence-corrected chi connectivity index (χ3v) is 7.71. The summed E-state index contributed by atoms with van der Waals surface area (Å²) in [6.45, 7) is 4.82. The van der Waals surface area contributed by atoms with E-state index in [1.165, 1.54) is 31.1 Å². The number of rotatable bonds is 5. The molecule has 4 atom stereocenters. The Hall–Kier alpha value is -3.49. The van der Waals surface area contributed by atoms with Crippen molar-refractivity contribution in [3.8, 4) is 0 Å². The second-order valence-electron chi connectivity index (χ2n) is 9.64. The molecule has 0 amide bonds. The molecular formula is C26H30N2O7. The molecule has 9 nitrogen and oxygen atoms in total. The largest absolute Gasteiger partial charge is 0.466 e. The fourth-order valence-electron chi connectivity index (χ4n) is 6.03. The second-order valence-corrected chi connectivity index (χ2v) is 9.64. The Kier molecular flexibility index (Phi) is 6.29. The fraction of sp³-hybridized carbons (Fsp3) is 0.500. The predicted molar refractivity (Wildman–Crippen MR) is 124 cm³/mol. The molecule has 186 valence electrons. The first-order chi connectivity index (χ1) is 16.6. The molecule has 4 rings (SSSR count). The van der Waals surface area contributed by atoms with Crippen molar-refractivity contribution in [2.24, 2.45) is 11.3 Å². The number of hydrogen-bond donors (Lipinski definition) is 0. The SMILES string of the molecule is COC(=O)C1=CC[C@@]23CC[C@@H]([C@@](C)(/C=C/C=C(\C)C(=O)n4ccnc4)OC2=O)[C@@]3(OC(C)=O)CC1. The summed E-state index contributed by atoms with van der Waals surface area (Å²) in [6.07, 6.45) is 13.3. The molecule has 35 heavy (non-hydrogen) atoms. The smallest absolute Gasteiger partial charge is 0.333 e. The van der Waals surface area contributed by atoms with Crippen molar-refractivity contribution in [2.45, 2.75) is 64.1 Å². The molecule has 0 spiro atoms. The van der Waals surface area contributed by atoms with Crippen LogP contribution in [0.3, 0.4) is 0 Å². The molecule has 2 heterocycles. The zero-order valence-corrected chi connectivity index (χ0v) is 20.4. The Labute approximate surface area is 203 Å². The van der Waals surface area contributed by atoms with Gasteiger partial charge in [0.2, 0.25) is 0 Å². The summed E-state index contributed by atoms with van der Waals surface area (Å²) >= 11 is 0. The van der Waals surface area contributed by atoms with Crippen LogP contribution < -0.4 is 0 Å². The summed E-state index contributed by atoms with van der Waals surface area (Å²) in [5, 5.41) is 0. The lowest BCUT2D eigenvalue weighted by molar-refractivity contribution is -0.235. The normalized spacial score (nSPS) is 32.3. The maximum Gasteiger partial charge on any atom is 0.333 e. The molecule has 2 bridgehead atoms. The number of cyclic esters (lactones) is 1. The van der Waals surface area contributed by atoms with Crippen LogP contribution in [0, 0.1) is 11.3 Å². The van der Waals surface area contributed by atoms with Gasteiger partial charge in [0.15, 0.2) is 0 Å². The molecule has 1 saturated heterocycles. The Morgan fingerprint density at radius 2 is 2.03 bits per heavy atom. The van der Waals surface area contributed by atoms with Gasteiger partial charge in [-0.25, -0.2) is 9.78 Å². The maximum atomic E-state index is 13.6. The van der Waals surface area contributed by atoms with Crippen LogP contribution >= 0.6 is 0 Å². The summed E-state index contributed by atoms with van der Waals surface area (Å²) in [5.41, 5.74) is -2.31. The van der Waals surface area contributed by atoms with Gasteiger partial charge >= 0.3 is 17.9 Å². The van der Waals surface area contributed by atoms with E-state index in [9.17, 15) is 19.2 Å². The highest BCUT2D eigenvalue weighted by Gasteiger charge is 2.74. The average molecular weight is 483 g/mol. The minimum Gasteiger partial charge on any atom is -0.466 e. The molecule has 0 unspecified atom stereocenters. The Morgan fingerprint density at radius 3 is 2.69 bits per heavy atom. The van der Waals surface area contributed by atoms with Crippen LogP contribution in [-0.2, 0) is 28.6 Å². The number of ether oxygens (including phenoxy) is 3. The summed E-state index contributed by atoms with van der Waals surface area (Å²) in [7, 11) is 1.32. The molecule has 3 aliphatic rings. The van der Waals surface area contributed by atoms with Gasteiger partial charge in [-0.1, -0.05) is 18.2 Å². The summed E-state index contributed by atoms with van der Waals surface area (Å²) in [5.74, 6) is -1.92. The lowest BCUT2D eigenvalue weighted by Crippen LogP contribution is -2.65. The minimum atomic E-state index is -1.12. The van der Waals surface area contributed by atoms with E-state index in [0.717, 1.165) is 0 Å². The molecule has 1 aliphatic heterocycles. The van der Waals surface area contributed by atoms with Gasteiger partial charge in [0, 0.05) is 36.4 Å². The number of allylic oxidation sites excluding steroid dienone is 4. The van der Waals surface area contributed by atoms with Crippen molar-refractivity contribution in [2.75, 3.05) is 7.11 Å². The zero-order valence-electron chi connectivity index (χ0n) is 20.4. The van der Waals surface area contributed by atoms with E-state index in [1.807, 2.05) is 0 Å². The molecule has 0 radical (unpaired) electrons. The Morgan fingerprint density at radius 1 is 1.26 bits per heavy atom. The quantitative estimate of drug-likeness (QED) is 0.272. The number of nitrogens with zero attached hydrogens (tertiary/aromatic N) is 2. The van der Waals surface area contributed by atoms with E-state index in [0.29, 0.717) is 36.8 Å². The molecule has 0 aromatic carbocycles.